The van der Waals surface area contributed by atoms with Crippen LogP contribution in [0.4, 0.5) is 5.69 Å². The minimum absolute atomic E-state index is 0.0527. The van der Waals surface area contributed by atoms with Crippen LogP contribution < -0.4 is 10.6 Å². The Hall–Kier alpha value is -1.88. The van der Waals surface area contributed by atoms with E-state index in [1.54, 1.807) is 0 Å². The molecule has 0 bridgehead atoms. The van der Waals surface area contributed by atoms with Crippen LogP contribution in [0, 0.1) is 6.92 Å². The van der Waals surface area contributed by atoms with Gasteiger partial charge in [0, 0.05) is 18.2 Å². The molecule has 0 saturated heterocycles. The summed E-state index contributed by atoms with van der Waals surface area (Å²) in [6.07, 6.45) is 0.260. The van der Waals surface area contributed by atoms with Gasteiger partial charge >= 0.3 is 0 Å². The van der Waals surface area contributed by atoms with Crippen molar-refractivity contribution in [2.45, 2.75) is 33.2 Å². The lowest BCUT2D eigenvalue weighted by Crippen LogP contribution is -2.31. The fourth-order valence-corrected chi connectivity index (χ4v) is 1.64. The normalized spacial score (nSPS) is 10.4. The molecule has 2 amide bonds. The maximum atomic E-state index is 11.6. The van der Waals surface area contributed by atoms with Crippen molar-refractivity contribution in [3.05, 3.63) is 29.8 Å². The van der Waals surface area contributed by atoms with E-state index in [1.165, 1.54) is 0 Å². The van der Waals surface area contributed by atoms with Crippen molar-refractivity contribution in [2.24, 2.45) is 0 Å². The predicted molar refractivity (Wildman–Crippen MR) is 78.5 cm³/mol. The molecule has 0 fully saturated rings. The van der Waals surface area contributed by atoms with Crippen LogP contribution in [0.2, 0.25) is 0 Å². The van der Waals surface area contributed by atoms with Crippen molar-refractivity contribution in [3.63, 3.8) is 0 Å². The summed E-state index contributed by atoms with van der Waals surface area (Å²) in [4.78, 5) is 22.9. The topological polar surface area (TPSA) is 67.4 Å². The van der Waals surface area contributed by atoms with E-state index in [9.17, 15) is 9.59 Å². The van der Waals surface area contributed by atoms with Crippen LogP contribution >= 0.6 is 0 Å². The summed E-state index contributed by atoms with van der Waals surface area (Å²) in [6, 6.07) is 7.66. The Labute approximate surface area is 119 Å². The second kappa shape index (κ2) is 8.32. The molecular formula is C15H22N2O3. The number of hydrogen-bond donors (Lipinski definition) is 2. The number of amides is 2. The molecule has 0 spiro atoms. The van der Waals surface area contributed by atoms with Gasteiger partial charge in [-0.25, -0.2) is 0 Å². The van der Waals surface area contributed by atoms with Crippen LogP contribution in [0.3, 0.4) is 0 Å². The van der Waals surface area contributed by atoms with Crippen LogP contribution in [0.15, 0.2) is 24.3 Å². The molecule has 0 aromatic heterocycles. The molecule has 0 atom stereocenters. The average Bonchev–Trinajstić information content (AvgIpc) is 2.34. The third-order valence-corrected chi connectivity index (χ3v) is 2.46. The summed E-state index contributed by atoms with van der Waals surface area (Å²) in [6.45, 7) is 5.93. The molecular weight excluding hydrogens is 256 g/mol. The first kappa shape index (κ1) is 16.2. The number of rotatable bonds is 7. The van der Waals surface area contributed by atoms with Gasteiger partial charge in [-0.05, 0) is 38.5 Å². The molecule has 0 aliphatic carbocycles. The summed E-state index contributed by atoms with van der Waals surface area (Å²) < 4.78 is 5.18. The number of nitrogens with one attached hydrogen (secondary N) is 2. The Morgan fingerprint density at radius 2 is 2.00 bits per heavy atom. The monoisotopic (exact) mass is 278 g/mol. The standard InChI is InChI=1S/C15H22N2O3/c1-11(2)16-14(18)7-8-20-10-15(19)17-13-6-4-5-12(3)9-13/h4-6,9,11H,7-8,10H2,1-3H3,(H,16,18)(H,17,19). The van der Waals surface area contributed by atoms with Gasteiger partial charge in [-0.2, -0.15) is 0 Å². The molecule has 0 heterocycles. The lowest BCUT2D eigenvalue weighted by atomic mass is 10.2. The van der Waals surface area contributed by atoms with Gasteiger partial charge in [-0.1, -0.05) is 12.1 Å². The summed E-state index contributed by atoms with van der Waals surface area (Å²) in [5.74, 6) is -0.293. The molecule has 1 aromatic rings. The van der Waals surface area contributed by atoms with E-state index in [0.717, 1.165) is 11.3 Å². The predicted octanol–water partition coefficient (Wildman–Crippen LogP) is 1.86. The number of aryl methyl sites for hydroxylation is 1. The first-order valence-electron chi connectivity index (χ1n) is 6.71. The first-order valence-corrected chi connectivity index (χ1v) is 6.71. The van der Waals surface area contributed by atoms with Gasteiger partial charge in [-0.3, -0.25) is 9.59 Å². The SMILES string of the molecule is Cc1cccc(NC(=O)COCCC(=O)NC(C)C)c1. The van der Waals surface area contributed by atoms with E-state index in [4.69, 9.17) is 4.74 Å². The van der Waals surface area contributed by atoms with Gasteiger partial charge in [0.25, 0.3) is 0 Å². The largest absolute Gasteiger partial charge is 0.371 e. The third-order valence-electron chi connectivity index (χ3n) is 2.46. The molecule has 5 heteroatoms. The minimum Gasteiger partial charge on any atom is -0.371 e. The zero-order valence-electron chi connectivity index (χ0n) is 12.2. The third kappa shape index (κ3) is 6.89. The highest BCUT2D eigenvalue weighted by molar-refractivity contribution is 5.91. The van der Waals surface area contributed by atoms with E-state index in [2.05, 4.69) is 10.6 Å². The molecule has 0 aliphatic rings. The van der Waals surface area contributed by atoms with Gasteiger partial charge in [0.1, 0.15) is 6.61 Å². The smallest absolute Gasteiger partial charge is 0.250 e. The summed E-state index contributed by atoms with van der Waals surface area (Å²) in [5.41, 5.74) is 1.82. The van der Waals surface area contributed by atoms with Crippen LogP contribution in [0.1, 0.15) is 25.8 Å². The number of carbonyl (C=O) groups excluding carboxylic acids is 2. The molecule has 1 rings (SSSR count). The maximum Gasteiger partial charge on any atom is 0.250 e. The van der Waals surface area contributed by atoms with Crippen molar-refractivity contribution in [1.29, 1.82) is 0 Å². The Bertz CT molecular complexity index is 458. The van der Waals surface area contributed by atoms with E-state index in [0.29, 0.717) is 0 Å². The second-order valence-electron chi connectivity index (χ2n) is 4.94. The van der Waals surface area contributed by atoms with Gasteiger partial charge < -0.3 is 15.4 Å². The van der Waals surface area contributed by atoms with Gasteiger partial charge in [0.2, 0.25) is 11.8 Å². The number of benzene rings is 1. The summed E-state index contributed by atoms with van der Waals surface area (Å²) in [7, 11) is 0. The second-order valence-corrected chi connectivity index (χ2v) is 4.94. The van der Waals surface area contributed by atoms with Gasteiger partial charge in [0.15, 0.2) is 0 Å². The van der Waals surface area contributed by atoms with Crippen LogP contribution in [0.5, 0.6) is 0 Å². The van der Waals surface area contributed by atoms with Crippen molar-refractivity contribution in [1.82, 2.24) is 5.32 Å². The average molecular weight is 278 g/mol. The van der Waals surface area contributed by atoms with Crippen molar-refractivity contribution >= 4 is 17.5 Å². The molecule has 0 radical (unpaired) electrons. The van der Waals surface area contributed by atoms with Gasteiger partial charge in [-0.15, -0.1) is 0 Å². The fourth-order valence-electron chi connectivity index (χ4n) is 1.64. The molecule has 2 N–H and O–H groups in total. The Morgan fingerprint density at radius 1 is 1.25 bits per heavy atom. The van der Waals surface area contributed by atoms with Crippen LogP contribution in [0.25, 0.3) is 0 Å². The molecule has 110 valence electrons. The van der Waals surface area contributed by atoms with E-state index in [1.807, 2.05) is 45.0 Å². The van der Waals surface area contributed by atoms with Crippen molar-refractivity contribution in [2.75, 3.05) is 18.5 Å². The minimum atomic E-state index is -0.222. The highest BCUT2D eigenvalue weighted by Gasteiger charge is 2.05. The molecule has 1 aromatic carbocycles. The quantitative estimate of drug-likeness (QED) is 0.748. The first-order chi connectivity index (χ1) is 9.47. The highest BCUT2D eigenvalue weighted by Crippen LogP contribution is 2.09. The summed E-state index contributed by atoms with van der Waals surface area (Å²) in [5, 5.41) is 5.50. The lowest BCUT2D eigenvalue weighted by Gasteiger charge is -2.09. The van der Waals surface area contributed by atoms with Crippen molar-refractivity contribution < 1.29 is 14.3 Å². The fraction of sp³-hybridized carbons (Fsp3) is 0.467. The maximum absolute atomic E-state index is 11.6. The van der Waals surface area contributed by atoms with E-state index >= 15 is 0 Å². The number of ether oxygens (including phenoxy) is 1. The molecule has 20 heavy (non-hydrogen) atoms. The lowest BCUT2D eigenvalue weighted by molar-refractivity contribution is -0.125. The molecule has 5 nitrogen and oxygen atoms in total. The molecule has 0 saturated carbocycles. The molecule has 0 aliphatic heterocycles. The number of hydrogen-bond acceptors (Lipinski definition) is 3. The zero-order chi connectivity index (χ0) is 15.0. The zero-order valence-corrected chi connectivity index (χ0v) is 12.2. The highest BCUT2D eigenvalue weighted by atomic mass is 16.5. The summed E-state index contributed by atoms with van der Waals surface area (Å²) >= 11 is 0. The van der Waals surface area contributed by atoms with Crippen LogP contribution in [-0.4, -0.2) is 31.1 Å². The number of anilines is 1. The number of carbonyl (C=O) groups is 2. The Morgan fingerprint density at radius 3 is 2.65 bits per heavy atom. The van der Waals surface area contributed by atoms with Crippen LogP contribution in [-0.2, 0) is 14.3 Å². The van der Waals surface area contributed by atoms with Gasteiger partial charge in [0.05, 0.1) is 6.61 Å². The Balaban J connectivity index is 2.19. The van der Waals surface area contributed by atoms with E-state index in [-0.39, 0.29) is 37.5 Å². The van der Waals surface area contributed by atoms with E-state index < -0.39 is 0 Å². The molecule has 0 unspecified atom stereocenters. The Kier molecular flexibility index (Phi) is 6.73. The van der Waals surface area contributed by atoms with Crippen molar-refractivity contribution in [3.8, 4) is 0 Å².